The van der Waals surface area contributed by atoms with Crippen molar-refractivity contribution in [3.8, 4) is 29.1 Å². The quantitative estimate of drug-likeness (QED) is 0.822. The molecule has 1 aromatic rings. The minimum absolute atomic E-state index is 0.281. The third-order valence-electron chi connectivity index (χ3n) is 3.19. The molecular formula is C15H17NO3. The smallest absolute Gasteiger partial charge is 0.231 e. The van der Waals surface area contributed by atoms with Gasteiger partial charge in [0.1, 0.15) is 12.4 Å². The lowest BCUT2D eigenvalue weighted by Gasteiger charge is -2.11. The van der Waals surface area contributed by atoms with Crippen molar-refractivity contribution in [2.24, 2.45) is 0 Å². The van der Waals surface area contributed by atoms with Crippen LogP contribution in [0.3, 0.4) is 0 Å². The van der Waals surface area contributed by atoms with Gasteiger partial charge in [-0.2, -0.15) is 0 Å². The van der Waals surface area contributed by atoms with Crippen LogP contribution in [-0.4, -0.2) is 19.4 Å². The van der Waals surface area contributed by atoms with Gasteiger partial charge >= 0.3 is 0 Å². The fourth-order valence-electron chi connectivity index (χ4n) is 1.97. The molecule has 3 rings (SSSR count). The first-order chi connectivity index (χ1) is 9.36. The van der Waals surface area contributed by atoms with Crippen LogP contribution in [0.25, 0.3) is 0 Å². The maximum atomic E-state index is 5.71. The zero-order chi connectivity index (χ0) is 13.1. The number of benzene rings is 1. The summed E-state index contributed by atoms with van der Waals surface area (Å²) in [6, 6.07) is 4.55. The van der Waals surface area contributed by atoms with Gasteiger partial charge in [0.2, 0.25) is 6.79 Å². The van der Waals surface area contributed by atoms with Gasteiger partial charge in [-0.15, -0.1) is 5.92 Å². The zero-order valence-electron chi connectivity index (χ0n) is 11.0. The minimum atomic E-state index is 0.281. The Morgan fingerprint density at radius 3 is 2.84 bits per heavy atom. The SMILES string of the molecule is CC#CCOc1cc2c(cc1CNC1CC1)OCO2. The number of hydrogen-bond acceptors (Lipinski definition) is 4. The van der Waals surface area contributed by atoms with Crippen molar-refractivity contribution in [1.29, 1.82) is 0 Å². The number of fused-ring (bicyclic) bond motifs is 1. The average molecular weight is 259 g/mol. The maximum absolute atomic E-state index is 5.71. The lowest BCUT2D eigenvalue weighted by atomic mass is 10.1. The summed E-state index contributed by atoms with van der Waals surface area (Å²) in [5.74, 6) is 8.09. The summed E-state index contributed by atoms with van der Waals surface area (Å²) in [6.07, 6.45) is 2.53. The van der Waals surface area contributed by atoms with E-state index in [9.17, 15) is 0 Å². The van der Waals surface area contributed by atoms with Crippen LogP contribution in [0.4, 0.5) is 0 Å². The maximum Gasteiger partial charge on any atom is 0.231 e. The van der Waals surface area contributed by atoms with Gasteiger partial charge < -0.3 is 19.5 Å². The van der Waals surface area contributed by atoms with Gasteiger partial charge in [0, 0.05) is 24.2 Å². The molecule has 0 aromatic heterocycles. The van der Waals surface area contributed by atoms with E-state index in [0.717, 1.165) is 29.4 Å². The molecule has 2 aliphatic rings. The summed E-state index contributed by atoms with van der Waals surface area (Å²) in [7, 11) is 0. The molecule has 19 heavy (non-hydrogen) atoms. The standard InChI is InChI=1S/C15H17NO3/c1-2-3-6-17-13-8-15-14(18-10-19-15)7-11(13)9-16-12-4-5-12/h7-8,12,16H,4-6,9-10H2,1H3. The molecule has 1 fully saturated rings. The second-order valence-electron chi connectivity index (χ2n) is 4.68. The van der Waals surface area contributed by atoms with Crippen molar-refractivity contribution in [2.75, 3.05) is 13.4 Å². The van der Waals surface area contributed by atoms with Crippen LogP contribution in [0.5, 0.6) is 17.2 Å². The molecule has 100 valence electrons. The summed E-state index contributed by atoms with van der Waals surface area (Å²) in [5.41, 5.74) is 1.09. The van der Waals surface area contributed by atoms with E-state index in [1.807, 2.05) is 12.1 Å². The van der Waals surface area contributed by atoms with Crippen LogP contribution >= 0.6 is 0 Å². The molecule has 4 heteroatoms. The van der Waals surface area contributed by atoms with E-state index < -0.39 is 0 Å². The van der Waals surface area contributed by atoms with Gasteiger partial charge in [-0.3, -0.25) is 0 Å². The van der Waals surface area contributed by atoms with Crippen molar-refractivity contribution in [3.05, 3.63) is 17.7 Å². The van der Waals surface area contributed by atoms with Crippen LogP contribution in [-0.2, 0) is 6.54 Å². The molecule has 1 aliphatic heterocycles. The first kappa shape index (κ1) is 12.2. The third-order valence-corrected chi connectivity index (χ3v) is 3.19. The lowest BCUT2D eigenvalue weighted by Crippen LogP contribution is -2.16. The molecule has 0 spiro atoms. The molecule has 1 aliphatic carbocycles. The van der Waals surface area contributed by atoms with Gasteiger partial charge in [0.25, 0.3) is 0 Å². The highest BCUT2D eigenvalue weighted by Gasteiger charge is 2.22. The zero-order valence-corrected chi connectivity index (χ0v) is 11.0. The monoisotopic (exact) mass is 259 g/mol. The molecule has 1 N–H and O–H groups in total. The highest BCUT2D eigenvalue weighted by atomic mass is 16.7. The summed E-state index contributed by atoms with van der Waals surface area (Å²) in [5, 5.41) is 3.48. The van der Waals surface area contributed by atoms with Crippen LogP contribution in [0.15, 0.2) is 12.1 Å². The van der Waals surface area contributed by atoms with Crippen molar-refractivity contribution in [2.45, 2.75) is 32.4 Å². The molecule has 0 bridgehead atoms. The predicted octanol–water partition coefficient (Wildman–Crippen LogP) is 2.07. The number of rotatable bonds is 5. The second kappa shape index (κ2) is 5.41. The van der Waals surface area contributed by atoms with E-state index >= 15 is 0 Å². The van der Waals surface area contributed by atoms with Crippen molar-refractivity contribution >= 4 is 0 Å². The van der Waals surface area contributed by atoms with E-state index in [2.05, 4.69) is 17.2 Å². The summed E-state index contributed by atoms with van der Waals surface area (Å²) in [4.78, 5) is 0. The Balaban J connectivity index is 1.77. The largest absolute Gasteiger partial charge is 0.480 e. The number of nitrogens with one attached hydrogen (secondary N) is 1. The summed E-state index contributed by atoms with van der Waals surface area (Å²) >= 11 is 0. The Morgan fingerprint density at radius 2 is 2.11 bits per heavy atom. The van der Waals surface area contributed by atoms with E-state index in [1.165, 1.54) is 12.8 Å². The normalized spacial score (nSPS) is 15.8. The molecule has 1 aromatic carbocycles. The number of ether oxygens (including phenoxy) is 3. The third kappa shape index (κ3) is 2.94. The molecule has 1 heterocycles. The number of hydrogen-bond donors (Lipinski definition) is 1. The van der Waals surface area contributed by atoms with E-state index in [4.69, 9.17) is 14.2 Å². The van der Waals surface area contributed by atoms with Crippen LogP contribution in [0, 0.1) is 11.8 Å². The highest BCUT2D eigenvalue weighted by molar-refractivity contribution is 5.52. The Kier molecular flexibility index (Phi) is 3.47. The Morgan fingerprint density at radius 1 is 1.32 bits per heavy atom. The lowest BCUT2D eigenvalue weighted by molar-refractivity contribution is 0.174. The van der Waals surface area contributed by atoms with Crippen LogP contribution < -0.4 is 19.5 Å². The highest BCUT2D eigenvalue weighted by Crippen LogP contribution is 2.38. The van der Waals surface area contributed by atoms with Gasteiger partial charge in [0.15, 0.2) is 11.5 Å². The average Bonchev–Trinajstić information content (AvgIpc) is 3.14. The van der Waals surface area contributed by atoms with Gasteiger partial charge in [-0.1, -0.05) is 5.92 Å². The fourth-order valence-corrected chi connectivity index (χ4v) is 1.97. The molecule has 0 unspecified atom stereocenters. The molecule has 0 saturated heterocycles. The fraction of sp³-hybridized carbons (Fsp3) is 0.467. The van der Waals surface area contributed by atoms with Crippen molar-refractivity contribution in [3.63, 3.8) is 0 Å². The van der Waals surface area contributed by atoms with Crippen LogP contribution in [0.1, 0.15) is 25.3 Å². The van der Waals surface area contributed by atoms with Gasteiger partial charge in [-0.25, -0.2) is 0 Å². The van der Waals surface area contributed by atoms with Crippen molar-refractivity contribution in [1.82, 2.24) is 5.32 Å². The first-order valence-electron chi connectivity index (χ1n) is 6.55. The second-order valence-corrected chi connectivity index (χ2v) is 4.68. The topological polar surface area (TPSA) is 39.7 Å². The Hall–Kier alpha value is -1.86. The van der Waals surface area contributed by atoms with E-state index in [0.29, 0.717) is 12.6 Å². The molecular weight excluding hydrogens is 242 g/mol. The Labute approximate surface area is 113 Å². The Bertz CT molecular complexity index is 526. The first-order valence-corrected chi connectivity index (χ1v) is 6.55. The molecule has 0 atom stereocenters. The van der Waals surface area contributed by atoms with Crippen molar-refractivity contribution < 1.29 is 14.2 Å². The molecule has 4 nitrogen and oxygen atoms in total. The molecule has 0 amide bonds. The summed E-state index contributed by atoms with van der Waals surface area (Å²) in [6.45, 7) is 3.27. The summed E-state index contributed by atoms with van der Waals surface area (Å²) < 4.78 is 16.5. The van der Waals surface area contributed by atoms with E-state index in [1.54, 1.807) is 6.92 Å². The van der Waals surface area contributed by atoms with Crippen LogP contribution in [0.2, 0.25) is 0 Å². The molecule has 0 radical (unpaired) electrons. The predicted molar refractivity (Wildman–Crippen MR) is 71.4 cm³/mol. The van der Waals surface area contributed by atoms with Gasteiger partial charge in [-0.05, 0) is 25.8 Å². The van der Waals surface area contributed by atoms with E-state index in [-0.39, 0.29) is 6.79 Å². The van der Waals surface area contributed by atoms with Gasteiger partial charge in [0.05, 0.1) is 0 Å². The minimum Gasteiger partial charge on any atom is -0.480 e. The molecule has 1 saturated carbocycles.